The first-order chi connectivity index (χ1) is 14.2. The van der Waals surface area contributed by atoms with E-state index in [0.29, 0.717) is 23.7 Å². The van der Waals surface area contributed by atoms with Crippen molar-refractivity contribution in [2.24, 2.45) is 0 Å². The van der Waals surface area contributed by atoms with Crippen LogP contribution in [0.4, 0.5) is 5.82 Å². The summed E-state index contributed by atoms with van der Waals surface area (Å²) >= 11 is 7.73. The maximum absolute atomic E-state index is 12.4. The number of benzene rings is 1. The van der Waals surface area contributed by atoms with Crippen LogP contribution in [-0.2, 0) is 6.54 Å². The van der Waals surface area contributed by atoms with Gasteiger partial charge in [0, 0.05) is 19.6 Å². The number of nitrogens with zero attached hydrogens (tertiary/aromatic N) is 5. The van der Waals surface area contributed by atoms with E-state index >= 15 is 0 Å². The Labute approximate surface area is 178 Å². The van der Waals surface area contributed by atoms with Gasteiger partial charge in [-0.15, -0.1) is 0 Å². The molecule has 1 fully saturated rings. The van der Waals surface area contributed by atoms with E-state index in [1.165, 1.54) is 12.8 Å². The number of fused-ring (bicyclic) bond motifs is 1. The summed E-state index contributed by atoms with van der Waals surface area (Å²) in [5.41, 5.74) is 1.28. The van der Waals surface area contributed by atoms with Gasteiger partial charge in [0.2, 0.25) is 0 Å². The molecule has 1 amide bonds. The second-order valence-corrected chi connectivity index (χ2v) is 8.44. The number of nitrogens with one attached hydrogen (secondary N) is 1. The first-order valence-corrected chi connectivity index (χ1v) is 11.2. The number of rotatable bonds is 7. The van der Waals surface area contributed by atoms with Crippen LogP contribution >= 0.6 is 23.4 Å². The molecule has 4 rings (SSSR count). The lowest BCUT2D eigenvalue weighted by Crippen LogP contribution is -2.27. The number of halogens is 1. The van der Waals surface area contributed by atoms with E-state index in [0.717, 1.165) is 40.9 Å². The Morgan fingerprint density at radius 1 is 1.24 bits per heavy atom. The minimum atomic E-state index is -0.193. The van der Waals surface area contributed by atoms with Crippen LogP contribution in [0.25, 0.3) is 11.0 Å². The molecule has 0 saturated carbocycles. The van der Waals surface area contributed by atoms with Gasteiger partial charge in [-0.1, -0.05) is 42.4 Å². The van der Waals surface area contributed by atoms with E-state index in [9.17, 15) is 4.79 Å². The van der Waals surface area contributed by atoms with Gasteiger partial charge in [0.05, 0.1) is 28.7 Å². The minimum absolute atomic E-state index is 0.193. The quantitative estimate of drug-likeness (QED) is 0.455. The lowest BCUT2D eigenvalue weighted by Gasteiger charge is -2.17. The molecule has 1 saturated heterocycles. The zero-order valence-corrected chi connectivity index (χ0v) is 17.8. The van der Waals surface area contributed by atoms with Crippen molar-refractivity contribution < 1.29 is 4.79 Å². The highest BCUT2D eigenvalue weighted by Gasteiger charge is 2.20. The fraction of sp³-hybridized carbons (Fsp3) is 0.400. The summed E-state index contributed by atoms with van der Waals surface area (Å²) in [6.45, 7) is 5.07. The number of amides is 1. The van der Waals surface area contributed by atoms with Crippen molar-refractivity contribution in [3.8, 4) is 0 Å². The molecule has 0 aliphatic carbocycles. The molecule has 0 unspecified atom stereocenters. The Bertz CT molecular complexity index is 1020. The van der Waals surface area contributed by atoms with E-state index in [1.807, 2.05) is 10.9 Å². The maximum atomic E-state index is 12.4. The highest BCUT2D eigenvalue weighted by molar-refractivity contribution is 7.99. The van der Waals surface area contributed by atoms with Gasteiger partial charge in [0.15, 0.2) is 10.8 Å². The molecule has 1 aromatic carbocycles. The molecule has 3 aromatic rings. The first-order valence-electron chi connectivity index (χ1n) is 9.81. The number of aromatic nitrogens is 4. The van der Waals surface area contributed by atoms with E-state index in [-0.39, 0.29) is 5.91 Å². The number of thioether (sulfide) groups is 1. The molecule has 1 aliphatic rings. The number of hydrogen-bond acceptors (Lipinski definition) is 6. The van der Waals surface area contributed by atoms with Crippen LogP contribution in [0.1, 0.15) is 30.1 Å². The van der Waals surface area contributed by atoms with E-state index < -0.39 is 0 Å². The van der Waals surface area contributed by atoms with Crippen LogP contribution in [0.2, 0.25) is 5.02 Å². The zero-order chi connectivity index (χ0) is 20.2. The smallest absolute Gasteiger partial charge is 0.252 e. The second kappa shape index (κ2) is 9.00. The molecule has 0 atom stereocenters. The normalized spacial score (nSPS) is 13.9. The topological polar surface area (TPSA) is 75.9 Å². The van der Waals surface area contributed by atoms with Gasteiger partial charge in [-0.2, -0.15) is 5.10 Å². The highest BCUT2D eigenvalue weighted by Crippen LogP contribution is 2.29. The fourth-order valence-corrected chi connectivity index (χ4v) is 4.25. The van der Waals surface area contributed by atoms with Crippen molar-refractivity contribution in [2.45, 2.75) is 31.5 Å². The minimum Gasteiger partial charge on any atom is -0.356 e. The summed E-state index contributed by atoms with van der Waals surface area (Å²) in [4.78, 5) is 24.2. The second-order valence-electron chi connectivity index (χ2n) is 6.80. The molecule has 1 aliphatic heterocycles. The van der Waals surface area contributed by atoms with Gasteiger partial charge >= 0.3 is 0 Å². The van der Waals surface area contributed by atoms with Crippen LogP contribution < -0.4 is 10.2 Å². The Balaban J connectivity index is 1.53. The Kier molecular flexibility index (Phi) is 6.20. The monoisotopic (exact) mass is 430 g/mol. The van der Waals surface area contributed by atoms with Crippen LogP contribution in [0.15, 0.2) is 35.6 Å². The summed E-state index contributed by atoms with van der Waals surface area (Å²) in [7, 11) is 0. The lowest BCUT2D eigenvalue weighted by molar-refractivity contribution is 0.0952. The third-order valence-electron chi connectivity index (χ3n) is 4.86. The summed E-state index contributed by atoms with van der Waals surface area (Å²) in [5.74, 6) is 1.68. The van der Waals surface area contributed by atoms with Crippen LogP contribution in [0.5, 0.6) is 0 Å². The number of carbonyl (C=O) groups excluding carboxylic acids is 1. The fourth-order valence-electron chi connectivity index (χ4n) is 3.46. The number of carbonyl (C=O) groups is 1. The third kappa shape index (κ3) is 4.33. The van der Waals surface area contributed by atoms with Gasteiger partial charge in [-0.3, -0.25) is 4.79 Å². The highest BCUT2D eigenvalue weighted by atomic mass is 35.5. The third-order valence-corrected chi connectivity index (χ3v) is 5.92. The summed E-state index contributed by atoms with van der Waals surface area (Å²) in [6.07, 6.45) is 4.20. The molecule has 3 heterocycles. The molecular weight excluding hydrogens is 408 g/mol. The predicted molar refractivity (Wildman–Crippen MR) is 117 cm³/mol. The molecule has 7 nitrogen and oxygen atoms in total. The van der Waals surface area contributed by atoms with E-state index in [4.69, 9.17) is 21.6 Å². The zero-order valence-electron chi connectivity index (χ0n) is 16.3. The van der Waals surface area contributed by atoms with Crippen LogP contribution in [-0.4, -0.2) is 51.0 Å². The molecule has 0 spiro atoms. The molecule has 1 N–H and O–H groups in total. The Morgan fingerprint density at radius 3 is 2.79 bits per heavy atom. The average molecular weight is 431 g/mol. The SMILES string of the molecule is CCSc1nc(N2CCCC2)c2cnn(CCNC(=O)c3ccccc3Cl)c2n1. The van der Waals surface area contributed by atoms with Gasteiger partial charge in [0.25, 0.3) is 5.91 Å². The summed E-state index contributed by atoms with van der Waals surface area (Å²) in [5, 5.41) is 9.60. The standard InChI is InChI=1S/C20H23ClN6OS/c1-2-29-20-24-17(26-10-5-6-11-26)15-13-23-27(18(15)25-20)12-9-22-19(28)14-7-3-4-8-16(14)21/h3-4,7-8,13H,2,5-6,9-12H2,1H3,(H,22,28). The number of anilines is 1. The van der Waals surface area contributed by atoms with Crippen molar-refractivity contribution in [1.82, 2.24) is 25.1 Å². The van der Waals surface area contributed by atoms with Crippen LogP contribution in [0, 0.1) is 0 Å². The number of hydrogen-bond donors (Lipinski definition) is 1. The summed E-state index contributed by atoms with van der Waals surface area (Å²) in [6, 6.07) is 7.02. The van der Waals surface area contributed by atoms with Crippen LogP contribution in [0.3, 0.4) is 0 Å². The lowest BCUT2D eigenvalue weighted by atomic mass is 10.2. The van der Waals surface area contributed by atoms with Crippen molar-refractivity contribution in [3.05, 3.63) is 41.0 Å². The molecule has 0 bridgehead atoms. The Morgan fingerprint density at radius 2 is 2.03 bits per heavy atom. The largest absolute Gasteiger partial charge is 0.356 e. The van der Waals surface area contributed by atoms with Gasteiger partial charge < -0.3 is 10.2 Å². The molecule has 0 radical (unpaired) electrons. The van der Waals surface area contributed by atoms with Gasteiger partial charge in [-0.05, 0) is 30.7 Å². The first kappa shape index (κ1) is 20.0. The van der Waals surface area contributed by atoms with E-state index in [1.54, 1.807) is 36.0 Å². The van der Waals surface area contributed by atoms with Gasteiger partial charge in [0.1, 0.15) is 5.82 Å². The van der Waals surface area contributed by atoms with Gasteiger partial charge in [-0.25, -0.2) is 14.6 Å². The van der Waals surface area contributed by atoms with E-state index in [2.05, 4.69) is 22.2 Å². The predicted octanol–water partition coefficient (Wildman–Crippen LogP) is 3.62. The molecule has 2 aromatic heterocycles. The van der Waals surface area contributed by atoms with Crippen molar-refractivity contribution in [3.63, 3.8) is 0 Å². The van der Waals surface area contributed by atoms with Crippen molar-refractivity contribution in [1.29, 1.82) is 0 Å². The Hall–Kier alpha value is -2.32. The van der Waals surface area contributed by atoms with Crippen molar-refractivity contribution in [2.75, 3.05) is 30.3 Å². The molecule has 9 heteroatoms. The van der Waals surface area contributed by atoms with Crippen molar-refractivity contribution >= 4 is 46.1 Å². The molecule has 29 heavy (non-hydrogen) atoms. The maximum Gasteiger partial charge on any atom is 0.252 e. The summed E-state index contributed by atoms with van der Waals surface area (Å²) < 4.78 is 1.84. The molecule has 152 valence electrons. The average Bonchev–Trinajstić information content (AvgIpc) is 3.38. The molecular formula is C20H23ClN6OS.